The van der Waals surface area contributed by atoms with E-state index in [0.717, 1.165) is 6.42 Å². The fourth-order valence-electron chi connectivity index (χ4n) is 2.62. The molecule has 0 bridgehead atoms. The maximum absolute atomic E-state index is 11.8. The van der Waals surface area contributed by atoms with Crippen LogP contribution >= 0.6 is 24.0 Å². The number of ether oxygens (including phenoxy) is 3. The number of halogens is 2. The van der Waals surface area contributed by atoms with Crippen molar-refractivity contribution in [2.45, 2.75) is 13.3 Å². The van der Waals surface area contributed by atoms with Gasteiger partial charge in [-0.1, -0.05) is 18.5 Å². The maximum atomic E-state index is 11.8. The minimum atomic E-state index is -0.315. The highest BCUT2D eigenvalue weighted by atomic mass is 35.5. The number of methoxy groups -OCH3 is 2. The lowest BCUT2D eigenvalue weighted by atomic mass is 10.2. The third kappa shape index (κ3) is 5.34. The summed E-state index contributed by atoms with van der Waals surface area (Å²) >= 11 is 6.29. The van der Waals surface area contributed by atoms with Crippen molar-refractivity contribution in [3.63, 3.8) is 0 Å². The Balaban J connectivity index is 0.00000320. The zero-order valence-corrected chi connectivity index (χ0v) is 18.3. The number of hydrogen-bond donors (Lipinski definition) is 2. The van der Waals surface area contributed by atoms with Crippen LogP contribution in [-0.2, 0) is 0 Å². The van der Waals surface area contributed by atoms with E-state index in [1.54, 1.807) is 44.6 Å². The molecule has 0 fully saturated rings. The molecular formula is C20H22Cl2N4O4. The molecule has 0 saturated heterocycles. The molecule has 0 atom stereocenters. The molecule has 0 saturated carbocycles. The van der Waals surface area contributed by atoms with E-state index >= 15 is 0 Å². The molecule has 160 valence electrons. The maximum Gasteiger partial charge on any atom is 0.319 e. The molecule has 1 heterocycles. The molecule has 10 heteroatoms. The van der Waals surface area contributed by atoms with Gasteiger partial charge in [-0.05, 0) is 24.6 Å². The topological polar surface area (TPSA) is 94.6 Å². The summed E-state index contributed by atoms with van der Waals surface area (Å²) in [6.07, 6.45) is 2.25. The molecule has 0 radical (unpaired) electrons. The van der Waals surface area contributed by atoms with Crippen molar-refractivity contribution in [1.82, 2.24) is 15.3 Å². The summed E-state index contributed by atoms with van der Waals surface area (Å²) in [6.45, 7) is 2.56. The van der Waals surface area contributed by atoms with E-state index in [1.165, 1.54) is 6.33 Å². The number of nitrogens with zero attached hydrogens (tertiary/aromatic N) is 2. The SMILES string of the molecule is CCCNC(=O)Nc1ccc(Oc2ncnc3cc(OC)c(OC)cc23)cc1Cl.Cl. The summed E-state index contributed by atoms with van der Waals surface area (Å²) in [6, 6.07) is 8.14. The molecule has 0 aliphatic carbocycles. The molecule has 2 aromatic carbocycles. The molecule has 0 unspecified atom stereocenters. The number of anilines is 1. The monoisotopic (exact) mass is 452 g/mol. The zero-order chi connectivity index (χ0) is 20.8. The summed E-state index contributed by atoms with van der Waals surface area (Å²) < 4.78 is 16.6. The van der Waals surface area contributed by atoms with Crippen molar-refractivity contribution >= 4 is 46.6 Å². The molecule has 0 spiro atoms. The van der Waals surface area contributed by atoms with Crippen molar-refractivity contribution in [3.05, 3.63) is 41.7 Å². The molecule has 2 N–H and O–H groups in total. The summed E-state index contributed by atoms with van der Waals surface area (Å²) in [4.78, 5) is 20.3. The van der Waals surface area contributed by atoms with Gasteiger partial charge >= 0.3 is 6.03 Å². The fourth-order valence-corrected chi connectivity index (χ4v) is 2.84. The first kappa shape index (κ1) is 23.3. The first-order valence-electron chi connectivity index (χ1n) is 8.94. The van der Waals surface area contributed by atoms with E-state index < -0.39 is 0 Å². The Morgan fingerprint density at radius 1 is 1.10 bits per heavy atom. The van der Waals surface area contributed by atoms with Crippen LogP contribution in [0.3, 0.4) is 0 Å². The van der Waals surface area contributed by atoms with Gasteiger partial charge in [0.2, 0.25) is 5.88 Å². The van der Waals surface area contributed by atoms with Crippen molar-refractivity contribution in [3.8, 4) is 23.1 Å². The van der Waals surface area contributed by atoms with Crippen LogP contribution in [-0.4, -0.2) is 36.8 Å². The van der Waals surface area contributed by atoms with Gasteiger partial charge in [0.15, 0.2) is 11.5 Å². The van der Waals surface area contributed by atoms with Gasteiger partial charge in [0, 0.05) is 18.7 Å². The van der Waals surface area contributed by atoms with Crippen LogP contribution in [0.25, 0.3) is 10.9 Å². The van der Waals surface area contributed by atoms with Gasteiger partial charge in [-0.2, -0.15) is 0 Å². The summed E-state index contributed by atoms with van der Waals surface area (Å²) in [7, 11) is 3.11. The van der Waals surface area contributed by atoms with E-state index in [0.29, 0.717) is 51.3 Å². The van der Waals surface area contributed by atoms with E-state index in [1.807, 2.05) is 6.92 Å². The molecule has 30 heavy (non-hydrogen) atoms. The molecule has 3 rings (SSSR count). The minimum Gasteiger partial charge on any atom is -0.493 e. The largest absolute Gasteiger partial charge is 0.493 e. The summed E-state index contributed by atoms with van der Waals surface area (Å²) in [5.41, 5.74) is 1.12. The standard InChI is InChI=1S/C20H21ClN4O4.ClH/c1-4-7-22-20(26)25-15-6-5-12(8-14(15)21)29-19-13-9-17(27-2)18(28-3)10-16(13)23-11-24-19;/h5-6,8-11H,4,7H2,1-3H3,(H2,22,25,26);1H. The van der Waals surface area contributed by atoms with Crippen LogP contribution in [0, 0.1) is 0 Å². The predicted molar refractivity (Wildman–Crippen MR) is 119 cm³/mol. The van der Waals surface area contributed by atoms with Crippen LogP contribution in [0.4, 0.5) is 10.5 Å². The van der Waals surface area contributed by atoms with Gasteiger partial charge < -0.3 is 24.8 Å². The second-order valence-corrected chi connectivity index (χ2v) is 6.43. The number of fused-ring (bicyclic) bond motifs is 1. The van der Waals surface area contributed by atoms with Crippen LogP contribution in [0.1, 0.15) is 13.3 Å². The first-order chi connectivity index (χ1) is 14.0. The average Bonchev–Trinajstić information content (AvgIpc) is 2.73. The fraction of sp³-hybridized carbons (Fsp3) is 0.250. The Hall–Kier alpha value is -2.97. The van der Waals surface area contributed by atoms with Crippen LogP contribution in [0.2, 0.25) is 5.02 Å². The normalized spacial score (nSPS) is 10.1. The molecular weight excluding hydrogens is 431 g/mol. The Labute approximate surface area is 185 Å². The lowest BCUT2D eigenvalue weighted by molar-refractivity contribution is 0.252. The predicted octanol–water partition coefficient (Wildman–Crippen LogP) is 5.05. The van der Waals surface area contributed by atoms with Gasteiger partial charge in [-0.25, -0.2) is 14.8 Å². The van der Waals surface area contributed by atoms with E-state index in [4.69, 9.17) is 25.8 Å². The van der Waals surface area contributed by atoms with Gasteiger partial charge in [-0.3, -0.25) is 0 Å². The number of hydrogen-bond acceptors (Lipinski definition) is 6. The third-order valence-electron chi connectivity index (χ3n) is 4.04. The smallest absolute Gasteiger partial charge is 0.319 e. The van der Waals surface area contributed by atoms with Crippen LogP contribution in [0.15, 0.2) is 36.7 Å². The van der Waals surface area contributed by atoms with Gasteiger partial charge in [-0.15, -0.1) is 12.4 Å². The second-order valence-electron chi connectivity index (χ2n) is 6.03. The number of aromatic nitrogens is 2. The summed E-state index contributed by atoms with van der Waals surface area (Å²) in [5.74, 6) is 1.90. The van der Waals surface area contributed by atoms with Crippen molar-refractivity contribution in [1.29, 1.82) is 0 Å². The van der Waals surface area contributed by atoms with Crippen molar-refractivity contribution in [2.24, 2.45) is 0 Å². The quantitative estimate of drug-likeness (QED) is 0.520. The Morgan fingerprint density at radius 2 is 1.83 bits per heavy atom. The number of amides is 2. The highest BCUT2D eigenvalue weighted by Crippen LogP contribution is 2.36. The lowest BCUT2D eigenvalue weighted by Crippen LogP contribution is -2.29. The molecule has 2 amide bonds. The van der Waals surface area contributed by atoms with Gasteiger partial charge in [0.1, 0.15) is 12.1 Å². The zero-order valence-electron chi connectivity index (χ0n) is 16.7. The van der Waals surface area contributed by atoms with E-state index in [9.17, 15) is 4.79 Å². The number of benzene rings is 2. The average molecular weight is 453 g/mol. The van der Waals surface area contributed by atoms with Crippen molar-refractivity contribution < 1.29 is 19.0 Å². The highest BCUT2D eigenvalue weighted by molar-refractivity contribution is 6.33. The molecule has 1 aromatic heterocycles. The lowest BCUT2D eigenvalue weighted by Gasteiger charge is -2.12. The van der Waals surface area contributed by atoms with Crippen LogP contribution in [0.5, 0.6) is 23.1 Å². The molecule has 8 nitrogen and oxygen atoms in total. The first-order valence-corrected chi connectivity index (χ1v) is 9.32. The van der Waals surface area contributed by atoms with Gasteiger partial charge in [0.05, 0.1) is 35.8 Å². The minimum absolute atomic E-state index is 0. The van der Waals surface area contributed by atoms with Gasteiger partial charge in [0.25, 0.3) is 0 Å². The summed E-state index contributed by atoms with van der Waals surface area (Å²) in [5, 5.41) is 6.42. The highest BCUT2D eigenvalue weighted by Gasteiger charge is 2.13. The Kier molecular flexibility index (Phi) is 8.32. The number of nitrogens with one attached hydrogen (secondary N) is 2. The Morgan fingerprint density at radius 3 is 2.50 bits per heavy atom. The van der Waals surface area contributed by atoms with E-state index in [-0.39, 0.29) is 18.4 Å². The second kappa shape index (κ2) is 10.7. The molecule has 0 aliphatic heterocycles. The number of carbonyl (C=O) groups is 1. The third-order valence-corrected chi connectivity index (χ3v) is 4.36. The Bertz CT molecular complexity index is 1030. The van der Waals surface area contributed by atoms with Crippen LogP contribution < -0.4 is 24.8 Å². The molecule has 0 aliphatic rings. The van der Waals surface area contributed by atoms with E-state index in [2.05, 4.69) is 20.6 Å². The number of carbonyl (C=O) groups excluding carboxylic acids is 1. The number of rotatable bonds is 7. The number of urea groups is 1. The van der Waals surface area contributed by atoms with Crippen molar-refractivity contribution in [2.75, 3.05) is 26.1 Å². The molecule has 3 aromatic rings.